The molecule has 3 rings (SSSR count). The molecule has 0 aliphatic carbocycles. The molecule has 0 saturated carbocycles. The first-order valence-corrected chi connectivity index (χ1v) is 6.69. The zero-order chi connectivity index (χ0) is 16.6. The molecule has 1 aromatic carbocycles. The minimum absolute atomic E-state index is 0.0621. The van der Waals surface area contributed by atoms with E-state index in [4.69, 9.17) is 4.42 Å². The van der Waals surface area contributed by atoms with Crippen molar-refractivity contribution in [3.63, 3.8) is 0 Å². The third-order valence-electron chi connectivity index (χ3n) is 3.31. The summed E-state index contributed by atoms with van der Waals surface area (Å²) in [5.41, 5.74) is -0.0905. The third-order valence-corrected chi connectivity index (χ3v) is 3.31. The van der Waals surface area contributed by atoms with Gasteiger partial charge in [-0.05, 0) is 43.3 Å². The van der Waals surface area contributed by atoms with E-state index in [1.165, 1.54) is 24.5 Å². The lowest BCUT2D eigenvalue weighted by atomic mass is 10.1. The van der Waals surface area contributed by atoms with Crippen LogP contribution in [0.15, 0.2) is 57.8 Å². The van der Waals surface area contributed by atoms with Crippen molar-refractivity contribution >= 4 is 23.4 Å². The first kappa shape index (κ1) is 15.1. The van der Waals surface area contributed by atoms with E-state index in [1.54, 1.807) is 19.1 Å². The predicted octanol–water partition coefficient (Wildman–Crippen LogP) is 4.10. The minimum atomic E-state index is -4.48. The lowest BCUT2D eigenvalue weighted by molar-refractivity contribution is -0.137. The summed E-state index contributed by atoms with van der Waals surface area (Å²) < 4.78 is 43.5. The Kier molecular flexibility index (Phi) is 3.55. The second-order valence-electron chi connectivity index (χ2n) is 4.92. The van der Waals surface area contributed by atoms with Crippen molar-refractivity contribution in [1.82, 2.24) is 0 Å². The molecular formula is C16H11F3N2O2. The van der Waals surface area contributed by atoms with Crippen molar-refractivity contribution in [3.8, 4) is 0 Å². The van der Waals surface area contributed by atoms with Crippen LogP contribution in [0.25, 0.3) is 6.08 Å². The average Bonchev–Trinajstić information content (AvgIpc) is 3.10. The third kappa shape index (κ3) is 2.90. The average molecular weight is 320 g/mol. The number of alkyl halides is 3. The number of benzene rings is 1. The largest absolute Gasteiger partial charge is 0.465 e. The van der Waals surface area contributed by atoms with Gasteiger partial charge in [0.15, 0.2) is 0 Å². The molecule has 0 bridgehead atoms. The Bertz CT molecular complexity index is 805. The number of rotatable bonds is 2. The van der Waals surface area contributed by atoms with Gasteiger partial charge >= 0.3 is 6.18 Å². The lowest BCUT2D eigenvalue weighted by Gasteiger charge is -2.14. The quantitative estimate of drug-likeness (QED) is 0.782. The number of carbonyl (C=O) groups is 1. The topological polar surface area (TPSA) is 45.8 Å². The fourth-order valence-electron chi connectivity index (χ4n) is 2.19. The highest BCUT2D eigenvalue weighted by molar-refractivity contribution is 6.32. The second-order valence-corrected chi connectivity index (χ2v) is 4.92. The SMILES string of the molecule is CC1=NN(c2cccc(C(F)(F)F)c2)C(=O)/C1=C\c1ccco1. The number of hydrazone groups is 1. The molecule has 0 fully saturated rings. The molecule has 0 unspecified atom stereocenters. The smallest absolute Gasteiger partial charge is 0.416 e. The maximum absolute atomic E-state index is 12.8. The van der Waals surface area contributed by atoms with Crippen LogP contribution >= 0.6 is 0 Å². The molecule has 1 amide bonds. The van der Waals surface area contributed by atoms with E-state index in [1.807, 2.05) is 0 Å². The van der Waals surface area contributed by atoms with Gasteiger partial charge in [-0.2, -0.15) is 23.3 Å². The van der Waals surface area contributed by atoms with E-state index in [0.717, 1.165) is 17.1 Å². The zero-order valence-corrected chi connectivity index (χ0v) is 12.0. The zero-order valence-electron chi connectivity index (χ0n) is 12.0. The van der Waals surface area contributed by atoms with Crippen LogP contribution in [-0.4, -0.2) is 11.6 Å². The molecular weight excluding hydrogens is 309 g/mol. The Balaban J connectivity index is 1.96. The van der Waals surface area contributed by atoms with Crippen LogP contribution in [0.2, 0.25) is 0 Å². The van der Waals surface area contributed by atoms with Crippen LogP contribution in [0.1, 0.15) is 18.2 Å². The number of hydrogen-bond donors (Lipinski definition) is 0. The summed E-state index contributed by atoms with van der Waals surface area (Å²) in [6.45, 7) is 1.61. The van der Waals surface area contributed by atoms with Crippen molar-refractivity contribution in [3.05, 3.63) is 59.6 Å². The van der Waals surface area contributed by atoms with Crippen LogP contribution in [0, 0.1) is 0 Å². The number of furan rings is 1. The summed E-state index contributed by atoms with van der Waals surface area (Å²) in [5, 5.41) is 5.01. The highest BCUT2D eigenvalue weighted by Gasteiger charge is 2.33. The highest BCUT2D eigenvalue weighted by atomic mass is 19.4. The van der Waals surface area contributed by atoms with Gasteiger partial charge in [-0.1, -0.05) is 6.07 Å². The lowest BCUT2D eigenvalue weighted by Crippen LogP contribution is -2.21. The molecule has 118 valence electrons. The van der Waals surface area contributed by atoms with E-state index >= 15 is 0 Å². The minimum Gasteiger partial charge on any atom is -0.465 e. The van der Waals surface area contributed by atoms with Gasteiger partial charge in [0.1, 0.15) is 5.76 Å². The summed E-state index contributed by atoms with van der Waals surface area (Å²) in [7, 11) is 0. The van der Waals surface area contributed by atoms with Crippen molar-refractivity contribution in [2.45, 2.75) is 13.1 Å². The van der Waals surface area contributed by atoms with Gasteiger partial charge in [0.25, 0.3) is 5.91 Å². The molecule has 2 heterocycles. The molecule has 1 aliphatic heterocycles. The van der Waals surface area contributed by atoms with Crippen LogP contribution in [0.5, 0.6) is 0 Å². The first-order valence-electron chi connectivity index (χ1n) is 6.69. The second kappa shape index (κ2) is 5.42. The van der Waals surface area contributed by atoms with Gasteiger partial charge in [0, 0.05) is 0 Å². The molecule has 4 nitrogen and oxygen atoms in total. The fourth-order valence-corrected chi connectivity index (χ4v) is 2.19. The number of anilines is 1. The van der Waals surface area contributed by atoms with Gasteiger partial charge in [-0.3, -0.25) is 4.79 Å². The number of carbonyl (C=O) groups excluding carboxylic acids is 1. The van der Waals surface area contributed by atoms with E-state index in [9.17, 15) is 18.0 Å². The standard InChI is InChI=1S/C16H11F3N2O2/c1-10-14(9-13-6-3-7-23-13)15(22)21(20-10)12-5-2-4-11(8-12)16(17,18)19/h2-9H,1H3/b14-9-. The van der Waals surface area contributed by atoms with Crippen LogP contribution in [0.4, 0.5) is 18.9 Å². The maximum atomic E-state index is 12.8. The fraction of sp³-hybridized carbons (Fsp3) is 0.125. The van der Waals surface area contributed by atoms with Crippen molar-refractivity contribution in [2.75, 3.05) is 5.01 Å². The monoisotopic (exact) mass is 320 g/mol. The van der Waals surface area contributed by atoms with Gasteiger partial charge in [-0.15, -0.1) is 0 Å². The van der Waals surface area contributed by atoms with Crippen molar-refractivity contribution < 1.29 is 22.4 Å². The number of halogens is 3. The van der Waals surface area contributed by atoms with Crippen LogP contribution in [-0.2, 0) is 11.0 Å². The van der Waals surface area contributed by atoms with Crippen LogP contribution < -0.4 is 5.01 Å². The summed E-state index contributed by atoms with van der Waals surface area (Å²) in [4.78, 5) is 12.4. The van der Waals surface area contributed by atoms with E-state index in [2.05, 4.69) is 5.10 Å². The van der Waals surface area contributed by atoms with Gasteiger partial charge in [-0.25, -0.2) is 0 Å². The summed E-state index contributed by atoms with van der Waals surface area (Å²) in [6, 6.07) is 7.82. The molecule has 23 heavy (non-hydrogen) atoms. The van der Waals surface area contributed by atoms with E-state index in [0.29, 0.717) is 11.5 Å². The number of hydrogen-bond acceptors (Lipinski definition) is 3. The normalized spacial score (nSPS) is 17.0. The van der Waals surface area contributed by atoms with Gasteiger partial charge < -0.3 is 4.42 Å². The predicted molar refractivity (Wildman–Crippen MR) is 78.7 cm³/mol. The summed E-state index contributed by atoms with van der Waals surface area (Å²) in [5.74, 6) is -0.0352. The molecule has 1 aliphatic rings. The maximum Gasteiger partial charge on any atom is 0.416 e. The Morgan fingerprint density at radius 1 is 1.22 bits per heavy atom. The van der Waals surface area contributed by atoms with Crippen molar-refractivity contribution in [1.29, 1.82) is 0 Å². The molecule has 0 atom stereocenters. The summed E-state index contributed by atoms with van der Waals surface area (Å²) >= 11 is 0. The molecule has 2 aromatic rings. The molecule has 0 radical (unpaired) electrons. The Labute approximate surface area is 129 Å². The molecule has 1 aromatic heterocycles. The van der Waals surface area contributed by atoms with Crippen molar-refractivity contribution in [2.24, 2.45) is 5.10 Å². The Morgan fingerprint density at radius 2 is 2.00 bits per heavy atom. The molecule has 0 spiro atoms. The molecule has 7 heteroatoms. The van der Waals surface area contributed by atoms with Gasteiger partial charge in [0.2, 0.25) is 0 Å². The molecule has 0 N–H and O–H groups in total. The van der Waals surface area contributed by atoms with Crippen LogP contribution in [0.3, 0.4) is 0 Å². The summed E-state index contributed by atoms with van der Waals surface area (Å²) in [6.07, 6.45) is -1.51. The highest BCUT2D eigenvalue weighted by Crippen LogP contribution is 2.33. The molecule has 0 saturated heterocycles. The van der Waals surface area contributed by atoms with E-state index in [-0.39, 0.29) is 11.3 Å². The number of amides is 1. The van der Waals surface area contributed by atoms with E-state index < -0.39 is 17.6 Å². The Morgan fingerprint density at radius 3 is 2.65 bits per heavy atom. The first-order chi connectivity index (χ1) is 10.9. The van der Waals surface area contributed by atoms with Gasteiger partial charge in [0.05, 0.1) is 28.8 Å². The number of nitrogens with zero attached hydrogens (tertiary/aromatic N) is 2. The Hall–Kier alpha value is -2.83.